The zero-order chi connectivity index (χ0) is 10.7. The minimum atomic E-state index is 0.196. The SMILES string of the molecule is COc1nc(CC#N)nc2ccccc12. The molecule has 1 aromatic heterocycles. The second-order valence-corrected chi connectivity index (χ2v) is 3.00. The van der Waals surface area contributed by atoms with E-state index in [9.17, 15) is 0 Å². The summed E-state index contributed by atoms with van der Waals surface area (Å²) in [5, 5.41) is 9.45. The standard InChI is InChI=1S/C11H9N3O/c1-15-11-8-4-2-3-5-9(8)13-10(14-11)6-7-12/h2-5H,6H2,1H3. The normalized spacial score (nSPS) is 9.87. The summed E-state index contributed by atoms with van der Waals surface area (Å²) in [7, 11) is 1.56. The number of hydrogen-bond donors (Lipinski definition) is 0. The molecule has 0 saturated heterocycles. The second kappa shape index (κ2) is 3.93. The lowest BCUT2D eigenvalue weighted by molar-refractivity contribution is 0.401. The number of benzene rings is 1. The van der Waals surface area contributed by atoms with Gasteiger partial charge >= 0.3 is 0 Å². The number of para-hydroxylation sites is 1. The molecule has 1 aromatic carbocycles. The molecule has 1 heterocycles. The Morgan fingerprint density at radius 1 is 1.33 bits per heavy atom. The van der Waals surface area contributed by atoms with Crippen LogP contribution in [-0.2, 0) is 6.42 Å². The van der Waals surface area contributed by atoms with Gasteiger partial charge in [0.05, 0.1) is 30.5 Å². The van der Waals surface area contributed by atoms with Crippen molar-refractivity contribution in [1.82, 2.24) is 9.97 Å². The minimum absolute atomic E-state index is 0.196. The van der Waals surface area contributed by atoms with E-state index in [1.165, 1.54) is 0 Å². The molecule has 0 amide bonds. The van der Waals surface area contributed by atoms with Crippen LogP contribution in [0.4, 0.5) is 0 Å². The summed E-state index contributed by atoms with van der Waals surface area (Å²) in [6.45, 7) is 0. The van der Waals surface area contributed by atoms with E-state index in [2.05, 4.69) is 9.97 Å². The zero-order valence-electron chi connectivity index (χ0n) is 8.27. The molecule has 0 saturated carbocycles. The molecule has 4 nitrogen and oxygen atoms in total. The predicted molar refractivity (Wildman–Crippen MR) is 55.4 cm³/mol. The van der Waals surface area contributed by atoms with Crippen molar-refractivity contribution in [3.05, 3.63) is 30.1 Å². The molecule has 0 atom stereocenters. The van der Waals surface area contributed by atoms with E-state index in [0.717, 1.165) is 10.9 Å². The molecule has 0 radical (unpaired) electrons. The number of nitriles is 1. The molecule has 4 heteroatoms. The van der Waals surface area contributed by atoms with Gasteiger partial charge in [-0.3, -0.25) is 0 Å². The number of fused-ring (bicyclic) bond motifs is 1. The van der Waals surface area contributed by atoms with Crippen LogP contribution in [-0.4, -0.2) is 17.1 Å². The summed E-state index contributed by atoms with van der Waals surface area (Å²) in [5.74, 6) is 1.01. The average molecular weight is 199 g/mol. The van der Waals surface area contributed by atoms with Gasteiger partial charge in [-0.05, 0) is 12.1 Å². The largest absolute Gasteiger partial charge is 0.480 e. The van der Waals surface area contributed by atoms with Crippen LogP contribution in [0.3, 0.4) is 0 Å². The third kappa shape index (κ3) is 1.72. The lowest BCUT2D eigenvalue weighted by Gasteiger charge is -2.04. The van der Waals surface area contributed by atoms with E-state index in [1.54, 1.807) is 7.11 Å². The maximum Gasteiger partial charge on any atom is 0.224 e. The smallest absolute Gasteiger partial charge is 0.224 e. The van der Waals surface area contributed by atoms with Gasteiger partial charge in [0.1, 0.15) is 5.82 Å². The molecule has 15 heavy (non-hydrogen) atoms. The molecule has 0 unspecified atom stereocenters. The molecule has 0 spiro atoms. The fourth-order valence-corrected chi connectivity index (χ4v) is 1.40. The molecule has 0 aliphatic carbocycles. The zero-order valence-corrected chi connectivity index (χ0v) is 8.27. The molecule has 0 bridgehead atoms. The van der Waals surface area contributed by atoms with Gasteiger partial charge in [-0.15, -0.1) is 0 Å². The van der Waals surface area contributed by atoms with Crippen LogP contribution < -0.4 is 4.74 Å². The molecule has 2 aromatic rings. The van der Waals surface area contributed by atoms with E-state index in [1.807, 2.05) is 30.3 Å². The van der Waals surface area contributed by atoms with Crippen molar-refractivity contribution < 1.29 is 4.74 Å². The Balaban J connectivity index is 2.67. The number of aromatic nitrogens is 2. The van der Waals surface area contributed by atoms with Crippen molar-refractivity contribution in [2.24, 2.45) is 0 Å². The summed E-state index contributed by atoms with van der Waals surface area (Å²) in [4.78, 5) is 8.41. The second-order valence-electron chi connectivity index (χ2n) is 3.00. The van der Waals surface area contributed by atoms with E-state index in [0.29, 0.717) is 11.7 Å². The first-order chi connectivity index (χ1) is 7.35. The Morgan fingerprint density at radius 3 is 2.87 bits per heavy atom. The Bertz CT molecular complexity index is 531. The predicted octanol–water partition coefficient (Wildman–Crippen LogP) is 1.70. The number of nitrogens with zero attached hydrogens (tertiary/aromatic N) is 3. The fraction of sp³-hybridized carbons (Fsp3) is 0.182. The van der Waals surface area contributed by atoms with Crippen LogP contribution in [0.15, 0.2) is 24.3 Å². The third-order valence-corrected chi connectivity index (χ3v) is 2.05. The average Bonchev–Trinajstić information content (AvgIpc) is 2.28. The van der Waals surface area contributed by atoms with Gasteiger partial charge in [0.15, 0.2) is 0 Å². The summed E-state index contributed by atoms with van der Waals surface area (Å²) < 4.78 is 5.15. The molecular formula is C11H9N3O. The summed E-state index contributed by atoms with van der Waals surface area (Å²) in [5.41, 5.74) is 0.801. The molecule has 74 valence electrons. The topological polar surface area (TPSA) is 58.8 Å². The summed E-state index contributed by atoms with van der Waals surface area (Å²) in [6, 6.07) is 9.58. The highest BCUT2D eigenvalue weighted by Gasteiger charge is 2.06. The van der Waals surface area contributed by atoms with Crippen LogP contribution in [0, 0.1) is 11.3 Å². The van der Waals surface area contributed by atoms with Crippen molar-refractivity contribution in [2.75, 3.05) is 7.11 Å². The number of rotatable bonds is 2. The third-order valence-electron chi connectivity index (χ3n) is 2.05. The van der Waals surface area contributed by atoms with Crippen molar-refractivity contribution in [2.45, 2.75) is 6.42 Å². The Hall–Kier alpha value is -2.15. The van der Waals surface area contributed by atoms with Crippen LogP contribution >= 0.6 is 0 Å². The van der Waals surface area contributed by atoms with E-state index >= 15 is 0 Å². The fourth-order valence-electron chi connectivity index (χ4n) is 1.40. The lowest BCUT2D eigenvalue weighted by Crippen LogP contribution is -1.98. The quantitative estimate of drug-likeness (QED) is 0.738. The van der Waals surface area contributed by atoms with E-state index in [-0.39, 0.29) is 6.42 Å². The molecule has 0 fully saturated rings. The maximum atomic E-state index is 8.58. The van der Waals surface area contributed by atoms with Crippen LogP contribution in [0.1, 0.15) is 5.82 Å². The minimum Gasteiger partial charge on any atom is -0.480 e. The molecular weight excluding hydrogens is 190 g/mol. The molecule has 0 N–H and O–H groups in total. The summed E-state index contributed by atoms with van der Waals surface area (Å²) in [6.07, 6.45) is 0.196. The van der Waals surface area contributed by atoms with Gasteiger partial charge < -0.3 is 4.74 Å². The number of methoxy groups -OCH3 is 1. The number of ether oxygens (including phenoxy) is 1. The van der Waals surface area contributed by atoms with Gasteiger partial charge in [-0.25, -0.2) is 4.98 Å². The monoisotopic (exact) mass is 199 g/mol. The van der Waals surface area contributed by atoms with Crippen molar-refractivity contribution >= 4 is 10.9 Å². The highest BCUT2D eigenvalue weighted by Crippen LogP contribution is 2.21. The highest BCUT2D eigenvalue weighted by atomic mass is 16.5. The Labute approximate surface area is 87.2 Å². The van der Waals surface area contributed by atoms with E-state index in [4.69, 9.17) is 10.00 Å². The number of hydrogen-bond acceptors (Lipinski definition) is 4. The van der Waals surface area contributed by atoms with Crippen LogP contribution in [0.25, 0.3) is 10.9 Å². The van der Waals surface area contributed by atoms with Crippen molar-refractivity contribution in [1.29, 1.82) is 5.26 Å². The lowest BCUT2D eigenvalue weighted by atomic mass is 10.2. The van der Waals surface area contributed by atoms with Gasteiger partial charge in [0.25, 0.3) is 0 Å². The first-order valence-corrected chi connectivity index (χ1v) is 4.51. The molecule has 0 aliphatic rings. The van der Waals surface area contributed by atoms with Crippen LogP contribution in [0.2, 0.25) is 0 Å². The molecule has 2 rings (SSSR count). The summed E-state index contributed by atoms with van der Waals surface area (Å²) >= 11 is 0. The van der Waals surface area contributed by atoms with E-state index < -0.39 is 0 Å². The van der Waals surface area contributed by atoms with Gasteiger partial charge in [-0.1, -0.05) is 12.1 Å². The van der Waals surface area contributed by atoms with Crippen molar-refractivity contribution in [3.8, 4) is 11.9 Å². The Morgan fingerprint density at radius 2 is 2.13 bits per heavy atom. The van der Waals surface area contributed by atoms with Crippen molar-refractivity contribution in [3.63, 3.8) is 0 Å². The van der Waals surface area contributed by atoms with Gasteiger partial charge in [-0.2, -0.15) is 10.2 Å². The molecule has 0 aliphatic heterocycles. The van der Waals surface area contributed by atoms with Gasteiger partial charge in [0.2, 0.25) is 5.88 Å². The first-order valence-electron chi connectivity index (χ1n) is 4.51. The Kier molecular flexibility index (Phi) is 2.46. The van der Waals surface area contributed by atoms with Crippen LogP contribution in [0.5, 0.6) is 5.88 Å². The first kappa shape index (κ1) is 9.41. The maximum absolute atomic E-state index is 8.58. The highest BCUT2D eigenvalue weighted by molar-refractivity contribution is 5.83. The van der Waals surface area contributed by atoms with Gasteiger partial charge in [0, 0.05) is 0 Å².